The summed E-state index contributed by atoms with van der Waals surface area (Å²) in [6.45, 7) is 4.47. The molecule has 0 saturated carbocycles. The zero-order valence-corrected chi connectivity index (χ0v) is 11.8. The van der Waals surface area contributed by atoms with Crippen molar-refractivity contribution in [2.45, 2.75) is 33.2 Å². The summed E-state index contributed by atoms with van der Waals surface area (Å²) in [5.74, 6) is -0.409. The molecule has 2 N–H and O–H groups in total. The Bertz CT molecular complexity index is 593. The van der Waals surface area contributed by atoms with Gasteiger partial charge in [0, 0.05) is 0 Å². The van der Waals surface area contributed by atoms with Gasteiger partial charge in [0.25, 0.3) is 0 Å². The first-order chi connectivity index (χ1) is 9.08. The van der Waals surface area contributed by atoms with Crippen LogP contribution in [-0.4, -0.2) is 9.78 Å². The number of nitrogens with zero attached hydrogens (tertiary/aromatic N) is 2. The van der Waals surface area contributed by atoms with Crippen LogP contribution in [0.5, 0.6) is 0 Å². The van der Waals surface area contributed by atoms with Gasteiger partial charge >= 0.3 is 0 Å². The number of hydrogen-bond donors (Lipinski definition) is 1. The van der Waals surface area contributed by atoms with Gasteiger partial charge in [-0.2, -0.15) is 5.10 Å². The first-order valence-electron chi connectivity index (χ1n) is 6.35. The van der Waals surface area contributed by atoms with Crippen molar-refractivity contribution in [1.82, 2.24) is 9.78 Å². The summed E-state index contributed by atoms with van der Waals surface area (Å²) >= 11 is 5.97. The Labute approximate surface area is 117 Å². The highest BCUT2D eigenvalue weighted by Gasteiger charge is 2.14. The number of aromatic nitrogens is 2. The largest absolute Gasteiger partial charge is 0.396 e. The molecule has 19 heavy (non-hydrogen) atoms. The van der Waals surface area contributed by atoms with E-state index >= 15 is 0 Å². The normalized spacial score (nSPS) is 10.9. The van der Waals surface area contributed by atoms with E-state index in [1.165, 1.54) is 6.07 Å². The van der Waals surface area contributed by atoms with Gasteiger partial charge in [-0.15, -0.1) is 0 Å². The quantitative estimate of drug-likeness (QED) is 0.933. The average molecular weight is 282 g/mol. The topological polar surface area (TPSA) is 43.8 Å². The van der Waals surface area contributed by atoms with E-state index in [-0.39, 0.29) is 5.02 Å². The molecule has 5 heteroatoms. The fraction of sp³-hybridized carbons (Fsp3) is 0.357. The first kappa shape index (κ1) is 13.9. The fourth-order valence-electron chi connectivity index (χ4n) is 2.16. The first-order valence-corrected chi connectivity index (χ1v) is 6.73. The summed E-state index contributed by atoms with van der Waals surface area (Å²) in [6, 6.07) is 4.80. The van der Waals surface area contributed by atoms with E-state index in [4.69, 9.17) is 17.3 Å². The highest BCUT2D eigenvalue weighted by molar-refractivity contribution is 6.31. The molecule has 0 saturated heterocycles. The van der Waals surface area contributed by atoms with Crippen molar-refractivity contribution in [3.63, 3.8) is 0 Å². The molecule has 0 atom stereocenters. The van der Waals surface area contributed by atoms with E-state index < -0.39 is 5.82 Å². The summed E-state index contributed by atoms with van der Waals surface area (Å²) in [6.07, 6.45) is 1.56. The van der Waals surface area contributed by atoms with Crippen molar-refractivity contribution in [2.75, 3.05) is 5.73 Å². The molecule has 1 aromatic carbocycles. The molecule has 1 aromatic heterocycles. The van der Waals surface area contributed by atoms with Gasteiger partial charge in [0.15, 0.2) is 0 Å². The maximum Gasteiger partial charge on any atom is 0.142 e. The van der Waals surface area contributed by atoms with Crippen molar-refractivity contribution >= 4 is 17.3 Å². The minimum absolute atomic E-state index is 0.150. The summed E-state index contributed by atoms with van der Waals surface area (Å²) in [4.78, 5) is 0. The fourth-order valence-corrected chi connectivity index (χ4v) is 2.35. The molecule has 0 aliphatic rings. The van der Waals surface area contributed by atoms with E-state index in [0.717, 1.165) is 29.9 Å². The van der Waals surface area contributed by atoms with Gasteiger partial charge < -0.3 is 5.73 Å². The smallest absolute Gasteiger partial charge is 0.142 e. The third-order valence-corrected chi connectivity index (χ3v) is 3.62. The lowest BCUT2D eigenvalue weighted by Gasteiger charge is -2.08. The highest BCUT2D eigenvalue weighted by atomic mass is 35.5. The van der Waals surface area contributed by atoms with Crippen LogP contribution in [0.1, 0.15) is 30.8 Å². The lowest BCUT2D eigenvalue weighted by Crippen LogP contribution is -2.07. The number of hydrogen-bond acceptors (Lipinski definition) is 2. The molecule has 3 nitrogen and oxygen atoms in total. The molecule has 1 heterocycles. The van der Waals surface area contributed by atoms with Gasteiger partial charge in [-0.05, 0) is 24.5 Å². The van der Waals surface area contributed by atoms with E-state index in [0.29, 0.717) is 12.1 Å². The van der Waals surface area contributed by atoms with Gasteiger partial charge in [0.2, 0.25) is 0 Å². The van der Waals surface area contributed by atoms with Crippen LogP contribution < -0.4 is 5.73 Å². The molecule has 0 unspecified atom stereocenters. The number of benzene rings is 1. The summed E-state index contributed by atoms with van der Waals surface area (Å²) in [5, 5.41) is 4.63. The summed E-state index contributed by atoms with van der Waals surface area (Å²) < 4.78 is 15.2. The number of anilines is 1. The van der Waals surface area contributed by atoms with Crippen LogP contribution in [-0.2, 0) is 19.4 Å². The van der Waals surface area contributed by atoms with Crippen molar-refractivity contribution in [3.8, 4) is 0 Å². The molecule has 0 fully saturated rings. The average Bonchev–Trinajstić information content (AvgIpc) is 2.70. The van der Waals surface area contributed by atoms with Crippen LogP contribution >= 0.6 is 11.6 Å². The zero-order chi connectivity index (χ0) is 14.0. The van der Waals surface area contributed by atoms with Gasteiger partial charge in [0.1, 0.15) is 5.82 Å². The molecule has 0 spiro atoms. The standard InChI is InChI=1S/C14H17ClFN3/c1-3-11-14(17)12(4-2)19(18-11)8-9-6-5-7-10(16)13(9)15/h5-7H,3-4,8,17H2,1-2H3. The van der Waals surface area contributed by atoms with Crippen molar-refractivity contribution in [3.05, 3.63) is 46.0 Å². The van der Waals surface area contributed by atoms with Crippen molar-refractivity contribution in [2.24, 2.45) is 0 Å². The van der Waals surface area contributed by atoms with Crippen LogP contribution in [0, 0.1) is 5.82 Å². The Balaban J connectivity index is 2.40. The Morgan fingerprint density at radius 3 is 2.68 bits per heavy atom. The van der Waals surface area contributed by atoms with E-state index in [9.17, 15) is 4.39 Å². The third kappa shape index (κ3) is 2.59. The van der Waals surface area contributed by atoms with Crippen molar-refractivity contribution in [1.29, 1.82) is 0 Å². The predicted molar refractivity (Wildman–Crippen MR) is 75.9 cm³/mol. The lowest BCUT2D eigenvalue weighted by molar-refractivity contribution is 0.612. The number of aryl methyl sites for hydroxylation is 1. The molecule has 2 rings (SSSR count). The number of nitrogens with two attached hydrogens (primary N) is 1. The molecule has 0 aliphatic carbocycles. The van der Waals surface area contributed by atoms with Crippen LogP contribution in [0.25, 0.3) is 0 Å². The maximum atomic E-state index is 13.4. The number of halogens is 2. The molecule has 0 aliphatic heterocycles. The van der Waals surface area contributed by atoms with Gasteiger partial charge in [-0.25, -0.2) is 4.39 Å². The van der Waals surface area contributed by atoms with E-state index in [1.807, 2.05) is 18.5 Å². The summed E-state index contributed by atoms with van der Waals surface area (Å²) in [5.41, 5.74) is 9.35. The molecular formula is C14H17ClFN3. The SMILES string of the molecule is CCc1nn(Cc2cccc(F)c2Cl)c(CC)c1N. The Morgan fingerprint density at radius 1 is 1.32 bits per heavy atom. The van der Waals surface area contributed by atoms with Crippen molar-refractivity contribution < 1.29 is 4.39 Å². The molecule has 0 bridgehead atoms. The molecule has 0 radical (unpaired) electrons. The molecular weight excluding hydrogens is 265 g/mol. The van der Waals surface area contributed by atoms with Gasteiger partial charge in [0.05, 0.1) is 28.6 Å². The lowest BCUT2D eigenvalue weighted by atomic mass is 10.2. The Hall–Kier alpha value is -1.55. The maximum absolute atomic E-state index is 13.4. The highest BCUT2D eigenvalue weighted by Crippen LogP contribution is 2.24. The Kier molecular flexibility index (Phi) is 4.10. The monoisotopic (exact) mass is 281 g/mol. The van der Waals surface area contributed by atoms with E-state index in [2.05, 4.69) is 5.10 Å². The third-order valence-electron chi connectivity index (χ3n) is 3.20. The van der Waals surface area contributed by atoms with E-state index in [1.54, 1.807) is 12.1 Å². The zero-order valence-electron chi connectivity index (χ0n) is 11.1. The van der Waals surface area contributed by atoms with Gasteiger partial charge in [-0.3, -0.25) is 4.68 Å². The number of nitrogen functional groups attached to an aromatic ring is 1. The van der Waals surface area contributed by atoms with Crippen LogP contribution in [0.15, 0.2) is 18.2 Å². The van der Waals surface area contributed by atoms with Gasteiger partial charge in [-0.1, -0.05) is 37.6 Å². The van der Waals surface area contributed by atoms with Crippen LogP contribution in [0.2, 0.25) is 5.02 Å². The Morgan fingerprint density at radius 2 is 2.05 bits per heavy atom. The molecule has 2 aromatic rings. The number of rotatable bonds is 4. The minimum Gasteiger partial charge on any atom is -0.396 e. The molecule has 0 amide bonds. The predicted octanol–water partition coefficient (Wildman–Crippen LogP) is 3.43. The second kappa shape index (κ2) is 5.61. The molecule has 102 valence electrons. The minimum atomic E-state index is -0.409. The second-order valence-corrected chi connectivity index (χ2v) is 4.76. The van der Waals surface area contributed by atoms with Crippen LogP contribution in [0.4, 0.5) is 10.1 Å². The van der Waals surface area contributed by atoms with Crippen LogP contribution in [0.3, 0.4) is 0 Å². The second-order valence-electron chi connectivity index (χ2n) is 4.38. The summed E-state index contributed by atoms with van der Waals surface area (Å²) in [7, 11) is 0.